The number of rotatable bonds is 1. The predicted octanol–water partition coefficient (Wildman–Crippen LogP) is 2.82. The molecule has 1 fully saturated rings. The molecule has 0 aliphatic heterocycles. The largest absolute Gasteiger partial charge is 0.416 e. The van der Waals surface area contributed by atoms with E-state index in [-0.39, 0.29) is 16.9 Å². The van der Waals surface area contributed by atoms with Crippen LogP contribution in [0.4, 0.5) is 13.2 Å². The molecule has 1 aliphatic carbocycles. The summed E-state index contributed by atoms with van der Waals surface area (Å²) in [6.45, 7) is 0. The Bertz CT molecular complexity index is 798. The first-order chi connectivity index (χ1) is 9.88. The van der Waals surface area contributed by atoms with Gasteiger partial charge in [0.15, 0.2) is 0 Å². The van der Waals surface area contributed by atoms with Gasteiger partial charge in [-0.3, -0.25) is 9.36 Å². The van der Waals surface area contributed by atoms with Gasteiger partial charge in [0.05, 0.1) is 16.5 Å². The molecule has 1 N–H and O–H groups in total. The van der Waals surface area contributed by atoms with E-state index in [1.807, 2.05) is 0 Å². The molecule has 1 aromatic heterocycles. The zero-order chi connectivity index (χ0) is 15.2. The van der Waals surface area contributed by atoms with Crippen LogP contribution in [0, 0.1) is 0 Å². The van der Waals surface area contributed by atoms with Gasteiger partial charge < -0.3 is 4.98 Å². The van der Waals surface area contributed by atoms with Crippen molar-refractivity contribution >= 4 is 10.9 Å². The van der Waals surface area contributed by atoms with Crippen LogP contribution in [-0.2, 0) is 6.18 Å². The Kier molecular flexibility index (Phi) is 3.15. The molecular weight excluding hydrogens is 285 g/mol. The lowest BCUT2D eigenvalue weighted by Crippen LogP contribution is -2.37. The number of fused-ring (bicyclic) bond motifs is 1. The molecule has 4 nitrogen and oxygen atoms in total. The van der Waals surface area contributed by atoms with Crippen molar-refractivity contribution in [3.05, 3.63) is 44.6 Å². The number of halogens is 3. The number of aromatic amines is 1. The number of nitrogens with one attached hydrogen (secondary N) is 1. The molecule has 3 rings (SSSR count). The van der Waals surface area contributed by atoms with Gasteiger partial charge in [-0.1, -0.05) is 12.8 Å². The van der Waals surface area contributed by atoms with Crippen LogP contribution in [-0.4, -0.2) is 9.55 Å². The van der Waals surface area contributed by atoms with Crippen LogP contribution in [0.5, 0.6) is 0 Å². The van der Waals surface area contributed by atoms with Crippen LogP contribution in [0.2, 0.25) is 0 Å². The number of nitrogens with zero attached hydrogens (tertiary/aromatic N) is 1. The Hall–Kier alpha value is -2.05. The summed E-state index contributed by atoms with van der Waals surface area (Å²) < 4.78 is 39.3. The van der Waals surface area contributed by atoms with Gasteiger partial charge in [-0.2, -0.15) is 13.2 Å². The molecule has 1 heterocycles. The maximum atomic E-state index is 12.7. The van der Waals surface area contributed by atoms with E-state index < -0.39 is 23.0 Å². The van der Waals surface area contributed by atoms with E-state index in [0.717, 1.165) is 35.6 Å². The van der Waals surface area contributed by atoms with E-state index in [9.17, 15) is 22.8 Å². The smallest absolute Gasteiger partial charge is 0.307 e. The lowest BCUT2D eigenvalue weighted by Gasteiger charge is -2.13. The summed E-state index contributed by atoms with van der Waals surface area (Å²) in [5.74, 6) is 0. The highest BCUT2D eigenvalue weighted by Gasteiger charge is 2.31. The topological polar surface area (TPSA) is 54.9 Å². The highest BCUT2D eigenvalue weighted by Crippen LogP contribution is 2.31. The van der Waals surface area contributed by atoms with Gasteiger partial charge in [0, 0.05) is 6.04 Å². The first-order valence-electron chi connectivity index (χ1n) is 6.74. The summed E-state index contributed by atoms with van der Waals surface area (Å²) in [5.41, 5.74) is -1.96. The molecular formula is C14H13F3N2O2. The zero-order valence-electron chi connectivity index (χ0n) is 11.0. The zero-order valence-corrected chi connectivity index (χ0v) is 11.0. The van der Waals surface area contributed by atoms with Gasteiger partial charge in [-0.05, 0) is 31.0 Å². The molecule has 0 spiro atoms. The molecule has 0 bridgehead atoms. The summed E-state index contributed by atoms with van der Waals surface area (Å²) in [4.78, 5) is 26.9. The van der Waals surface area contributed by atoms with Crippen molar-refractivity contribution < 1.29 is 13.2 Å². The van der Waals surface area contributed by atoms with E-state index in [0.29, 0.717) is 12.8 Å². The third kappa shape index (κ3) is 2.36. The van der Waals surface area contributed by atoms with Gasteiger partial charge in [0.1, 0.15) is 0 Å². The number of benzene rings is 1. The van der Waals surface area contributed by atoms with Crippen LogP contribution in [0.3, 0.4) is 0 Å². The Morgan fingerprint density at radius 1 is 1.14 bits per heavy atom. The number of H-pyrrole nitrogens is 1. The van der Waals surface area contributed by atoms with E-state index in [1.165, 1.54) is 0 Å². The minimum Gasteiger partial charge on any atom is -0.307 e. The summed E-state index contributed by atoms with van der Waals surface area (Å²) in [6, 6.07) is 2.57. The summed E-state index contributed by atoms with van der Waals surface area (Å²) in [6.07, 6.45) is -1.29. The second-order valence-corrected chi connectivity index (χ2v) is 5.30. The molecule has 1 saturated carbocycles. The van der Waals surface area contributed by atoms with E-state index in [2.05, 4.69) is 4.98 Å². The third-order valence-corrected chi connectivity index (χ3v) is 3.95. The normalized spacial score (nSPS) is 16.7. The number of alkyl halides is 3. The Balaban J connectivity index is 2.26. The monoisotopic (exact) mass is 298 g/mol. The number of hydrogen-bond acceptors (Lipinski definition) is 2. The minimum absolute atomic E-state index is 0.101. The Morgan fingerprint density at radius 2 is 1.81 bits per heavy atom. The fourth-order valence-electron chi connectivity index (χ4n) is 2.90. The van der Waals surface area contributed by atoms with E-state index >= 15 is 0 Å². The molecule has 1 aliphatic rings. The van der Waals surface area contributed by atoms with Crippen molar-refractivity contribution in [1.29, 1.82) is 0 Å². The molecule has 0 unspecified atom stereocenters. The average molecular weight is 298 g/mol. The number of aromatic nitrogens is 2. The van der Waals surface area contributed by atoms with E-state index in [1.54, 1.807) is 0 Å². The molecule has 21 heavy (non-hydrogen) atoms. The van der Waals surface area contributed by atoms with Gasteiger partial charge in [-0.25, -0.2) is 4.79 Å². The number of hydrogen-bond donors (Lipinski definition) is 1. The standard InChI is InChI=1S/C14H13F3N2O2/c15-14(16,17)8-5-6-11-10(7-8)12(20)19(13(21)18-11)9-3-1-2-4-9/h5-7,9H,1-4H2,(H,18,21). The summed E-state index contributed by atoms with van der Waals surface area (Å²) >= 11 is 0. The average Bonchev–Trinajstić information content (AvgIpc) is 2.91. The maximum absolute atomic E-state index is 12.7. The van der Waals surface area contributed by atoms with Crippen molar-refractivity contribution in [2.75, 3.05) is 0 Å². The minimum atomic E-state index is -4.52. The first-order valence-corrected chi connectivity index (χ1v) is 6.74. The second-order valence-electron chi connectivity index (χ2n) is 5.30. The molecule has 112 valence electrons. The van der Waals surface area contributed by atoms with Gasteiger partial charge in [0.25, 0.3) is 5.56 Å². The highest BCUT2D eigenvalue weighted by molar-refractivity contribution is 5.78. The summed E-state index contributed by atoms with van der Waals surface area (Å²) in [7, 11) is 0. The molecule has 0 atom stereocenters. The molecule has 2 aromatic rings. The molecule has 7 heteroatoms. The lowest BCUT2D eigenvalue weighted by molar-refractivity contribution is -0.137. The maximum Gasteiger partial charge on any atom is 0.416 e. The molecule has 1 aromatic carbocycles. The van der Waals surface area contributed by atoms with Crippen molar-refractivity contribution in [2.24, 2.45) is 0 Å². The van der Waals surface area contributed by atoms with Crippen LogP contribution in [0.25, 0.3) is 10.9 Å². The molecule has 0 saturated heterocycles. The van der Waals surface area contributed by atoms with Crippen molar-refractivity contribution in [1.82, 2.24) is 9.55 Å². The Morgan fingerprint density at radius 3 is 2.43 bits per heavy atom. The predicted molar refractivity (Wildman–Crippen MR) is 71.3 cm³/mol. The third-order valence-electron chi connectivity index (χ3n) is 3.95. The Labute approximate surface area is 117 Å². The van der Waals surface area contributed by atoms with Crippen molar-refractivity contribution in [2.45, 2.75) is 37.9 Å². The second kappa shape index (κ2) is 4.75. The van der Waals surface area contributed by atoms with Crippen LogP contribution in [0.1, 0.15) is 37.3 Å². The van der Waals surface area contributed by atoms with Crippen molar-refractivity contribution in [3.8, 4) is 0 Å². The fraction of sp³-hybridized carbons (Fsp3) is 0.429. The highest BCUT2D eigenvalue weighted by atomic mass is 19.4. The fourth-order valence-corrected chi connectivity index (χ4v) is 2.90. The first kappa shape index (κ1) is 13.9. The van der Waals surface area contributed by atoms with Gasteiger partial charge in [-0.15, -0.1) is 0 Å². The van der Waals surface area contributed by atoms with Crippen LogP contribution >= 0.6 is 0 Å². The molecule has 0 radical (unpaired) electrons. The SMILES string of the molecule is O=c1[nH]c2ccc(C(F)(F)F)cc2c(=O)n1C1CCCC1. The van der Waals surface area contributed by atoms with Crippen LogP contribution < -0.4 is 11.2 Å². The summed E-state index contributed by atoms with van der Waals surface area (Å²) in [5, 5.41) is -0.101. The van der Waals surface area contributed by atoms with Crippen molar-refractivity contribution in [3.63, 3.8) is 0 Å². The van der Waals surface area contributed by atoms with Gasteiger partial charge in [0.2, 0.25) is 0 Å². The molecule has 0 amide bonds. The van der Waals surface area contributed by atoms with Crippen LogP contribution in [0.15, 0.2) is 27.8 Å². The van der Waals surface area contributed by atoms with Gasteiger partial charge >= 0.3 is 11.9 Å². The van der Waals surface area contributed by atoms with E-state index in [4.69, 9.17) is 0 Å². The quantitative estimate of drug-likeness (QED) is 0.880. The lowest BCUT2D eigenvalue weighted by atomic mass is 10.1.